The van der Waals surface area contributed by atoms with Crippen molar-refractivity contribution in [3.63, 3.8) is 0 Å². The molecule has 36 heavy (non-hydrogen) atoms. The summed E-state index contributed by atoms with van der Waals surface area (Å²) in [6.45, 7) is 9.34. The summed E-state index contributed by atoms with van der Waals surface area (Å²) in [5.41, 5.74) is 3.82. The maximum atomic E-state index is 13.2. The maximum Gasteiger partial charge on any atom is 0.326 e. The van der Waals surface area contributed by atoms with E-state index in [1.807, 2.05) is 12.1 Å². The van der Waals surface area contributed by atoms with E-state index >= 15 is 0 Å². The van der Waals surface area contributed by atoms with E-state index in [1.54, 1.807) is 6.07 Å². The third-order valence-corrected chi connectivity index (χ3v) is 6.96. The van der Waals surface area contributed by atoms with Gasteiger partial charge in [-0.3, -0.25) is 9.69 Å². The van der Waals surface area contributed by atoms with Crippen LogP contribution in [-0.2, 0) is 22.5 Å². The molecule has 0 aliphatic carbocycles. The molecule has 1 saturated heterocycles. The van der Waals surface area contributed by atoms with Crippen LogP contribution in [0.4, 0.5) is 0 Å². The predicted molar refractivity (Wildman–Crippen MR) is 138 cm³/mol. The molecule has 2 aliphatic heterocycles. The van der Waals surface area contributed by atoms with Crippen molar-refractivity contribution in [1.82, 2.24) is 9.80 Å². The van der Waals surface area contributed by atoms with Crippen molar-refractivity contribution in [2.75, 3.05) is 39.5 Å². The Morgan fingerprint density at radius 1 is 1.06 bits per heavy atom. The SMILES string of the molecule is CC(C)CCN1CCOCCOc2ccc(C(=O)N3CCCC3C(=O)O)cc2Cc2cccc(c2)C1. The molecular weight excluding hydrogens is 456 g/mol. The molecule has 0 radical (unpaired) electrons. The van der Waals surface area contributed by atoms with Gasteiger partial charge in [-0.05, 0) is 66.6 Å². The Morgan fingerprint density at radius 3 is 2.69 bits per heavy atom. The number of carbonyl (C=O) groups is 2. The number of hydrogen-bond acceptors (Lipinski definition) is 5. The number of fused-ring (bicyclic) bond motifs is 3. The summed E-state index contributed by atoms with van der Waals surface area (Å²) in [7, 11) is 0. The van der Waals surface area contributed by atoms with E-state index in [9.17, 15) is 14.7 Å². The second kappa shape index (κ2) is 12.4. The predicted octanol–water partition coefficient (Wildman–Crippen LogP) is 4.22. The highest BCUT2D eigenvalue weighted by Crippen LogP contribution is 2.27. The van der Waals surface area contributed by atoms with Crippen molar-refractivity contribution in [2.24, 2.45) is 5.92 Å². The van der Waals surface area contributed by atoms with E-state index in [2.05, 4.69) is 43.0 Å². The first-order valence-electron chi connectivity index (χ1n) is 13.1. The van der Waals surface area contributed by atoms with Crippen molar-refractivity contribution >= 4 is 11.9 Å². The van der Waals surface area contributed by atoms with Gasteiger partial charge in [-0.2, -0.15) is 0 Å². The Bertz CT molecular complexity index is 1050. The molecule has 1 fully saturated rings. The summed E-state index contributed by atoms with van der Waals surface area (Å²) in [6, 6.07) is 13.3. The van der Waals surface area contributed by atoms with Crippen molar-refractivity contribution in [3.05, 3.63) is 64.7 Å². The summed E-state index contributed by atoms with van der Waals surface area (Å²) in [4.78, 5) is 28.8. The number of nitrogens with zero attached hydrogens (tertiary/aromatic N) is 2. The lowest BCUT2D eigenvalue weighted by Gasteiger charge is -2.24. The van der Waals surface area contributed by atoms with Crippen LogP contribution in [0.15, 0.2) is 42.5 Å². The van der Waals surface area contributed by atoms with Gasteiger partial charge in [0.2, 0.25) is 0 Å². The minimum absolute atomic E-state index is 0.236. The van der Waals surface area contributed by atoms with E-state index in [-0.39, 0.29) is 5.91 Å². The van der Waals surface area contributed by atoms with Gasteiger partial charge in [-0.25, -0.2) is 4.79 Å². The summed E-state index contributed by atoms with van der Waals surface area (Å²) in [5, 5.41) is 9.52. The van der Waals surface area contributed by atoms with Crippen LogP contribution < -0.4 is 4.74 Å². The van der Waals surface area contributed by atoms with Crippen molar-refractivity contribution in [1.29, 1.82) is 0 Å². The van der Waals surface area contributed by atoms with E-state index in [4.69, 9.17) is 9.47 Å². The Morgan fingerprint density at radius 2 is 1.89 bits per heavy atom. The van der Waals surface area contributed by atoms with E-state index in [0.717, 1.165) is 42.9 Å². The Labute approximate surface area is 214 Å². The summed E-state index contributed by atoms with van der Waals surface area (Å²) in [5.74, 6) is 0.201. The van der Waals surface area contributed by atoms with Gasteiger partial charge in [0.1, 0.15) is 18.4 Å². The van der Waals surface area contributed by atoms with Crippen LogP contribution in [0, 0.1) is 5.92 Å². The molecule has 194 valence electrons. The highest BCUT2D eigenvalue weighted by molar-refractivity contribution is 5.97. The van der Waals surface area contributed by atoms with Gasteiger partial charge < -0.3 is 19.5 Å². The van der Waals surface area contributed by atoms with Gasteiger partial charge in [0.05, 0.1) is 13.2 Å². The molecule has 0 saturated carbocycles. The van der Waals surface area contributed by atoms with Gasteiger partial charge >= 0.3 is 5.97 Å². The van der Waals surface area contributed by atoms with Crippen LogP contribution in [0.2, 0.25) is 0 Å². The van der Waals surface area contributed by atoms with Crippen LogP contribution in [-0.4, -0.2) is 72.3 Å². The van der Waals surface area contributed by atoms with Crippen LogP contribution in [0.1, 0.15) is 60.2 Å². The van der Waals surface area contributed by atoms with Crippen molar-refractivity contribution in [3.8, 4) is 5.75 Å². The molecular formula is C29H38N2O5. The van der Waals surface area contributed by atoms with Gasteiger partial charge in [-0.15, -0.1) is 0 Å². The standard InChI is InChI=1S/C29H38N2O5/c1-21(2)10-12-30-13-14-35-15-16-36-27-9-8-24(28(32)31-11-4-7-26(31)29(33)34)19-25(27)18-22-5-3-6-23(17-22)20-30/h3,5-6,8-9,17,19,21,26H,4,7,10-16,18,20H2,1-2H3,(H,33,34). The van der Waals surface area contributed by atoms with Crippen molar-refractivity contribution in [2.45, 2.75) is 52.1 Å². The Hall–Kier alpha value is -2.90. The minimum Gasteiger partial charge on any atom is -0.491 e. The lowest BCUT2D eigenvalue weighted by molar-refractivity contribution is -0.141. The highest BCUT2D eigenvalue weighted by Gasteiger charge is 2.34. The Kier molecular flexibility index (Phi) is 8.99. The number of likely N-dealkylation sites (tertiary alicyclic amines) is 1. The number of carbonyl (C=O) groups excluding carboxylic acids is 1. The van der Waals surface area contributed by atoms with E-state index in [1.165, 1.54) is 10.5 Å². The van der Waals surface area contributed by atoms with Gasteiger partial charge in [0.15, 0.2) is 0 Å². The summed E-state index contributed by atoms with van der Waals surface area (Å²) in [6.07, 6.45) is 2.97. The van der Waals surface area contributed by atoms with Crippen LogP contribution >= 0.6 is 0 Å². The summed E-state index contributed by atoms with van der Waals surface area (Å²) >= 11 is 0. The number of ether oxygens (including phenoxy) is 2. The fourth-order valence-electron chi connectivity index (χ4n) is 4.96. The van der Waals surface area contributed by atoms with Crippen LogP contribution in [0.5, 0.6) is 5.75 Å². The molecule has 2 heterocycles. The number of aliphatic carboxylic acids is 1. The molecule has 1 unspecified atom stereocenters. The topological polar surface area (TPSA) is 79.3 Å². The molecule has 1 N–H and O–H groups in total. The third-order valence-electron chi connectivity index (χ3n) is 6.96. The van der Waals surface area contributed by atoms with Gasteiger partial charge in [0.25, 0.3) is 5.91 Å². The zero-order valence-corrected chi connectivity index (χ0v) is 21.4. The second-order valence-corrected chi connectivity index (χ2v) is 10.2. The fourth-order valence-corrected chi connectivity index (χ4v) is 4.96. The molecule has 7 heteroatoms. The molecule has 2 bridgehead atoms. The zero-order valence-electron chi connectivity index (χ0n) is 21.4. The number of carboxylic acid groups (broad SMARTS) is 1. The first-order chi connectivity index (χ1) is 17.4. The molecule has 7 nitrogen and oxygen atoms in total. The second-order valence-electron chi connectivity index (χ2n) is 10.2. The van der Waals surface area contributed by atoms with Crippen LogP contribution in [0.3, 0.4) is 0 Å². The lowest BCUT2D eigenvalue weighted by Crippen LogP contribution is -2.40. The minimum atomic E-state index is -0.943. The normalized spacial score (nSPS) is 19.4. The van der Waals surface area contributed by atoms with Gasteiger partial charge in [0, 0.05) is 31.6 Å². The molecule has 1 atom stereocenters. The molecule has 0 aromatic heterocycles. The molecule has 1 amide bonds. The first kappa shape index (κ1) is 26.2. The van der Waals surface area contributed by atoms with Gasteiger partial charge in [-0.1, -0.05) is 38.1 Å². The lowest BCUT2D eigenvalue weighted by atomic mass is 9.99. The zero-order chi connectivity index (χ0) is 25.5. The molecule has 0 spiro atoms. The Balaban J connectivity index is 1.59. The monoisotopic (exact) mass is 494 g/mol. The number of rotatable bonds is 5. The average molecular weight is 495 g/mol. The number of benzene rings is 2. The average Bonchev–Trinajstić information content (AvgIpc) is 3.35. The summed E-state index contributed by atoms with van der Waals surface area (Å²) < 4.78 is 11.9. The van der Waals surface area contributed by atoms with Crippen LogP contribution in [0.25, 0.3) is 0 Å². The molecule has 4 rings (SSSR count). The van der Waals surface area contributed by atoms with E-state index in [0.29, 0.717) is 57.1 Å². The molecule has 2 aliphatic rings. The first-order valence-corrected chi connectivity index (χ1v) is 13.1. The largest absolute Gasteiger partial charge is 0.491 e. The molecule has 2 aromatic rings. The smallest absolute Gasteiger partial charge is 0.326 e. The number of hydrogen-bond donors (Lipinski definition) is 1. The van der Waals surface area contributed by atoms with Crippen molar-refractivity contribution < 1.29 is 24.2 Å². The maximum absolute atomic E-state index is 13.2. The fraction of sp³-hybridized carbons (Fsp3) is 0.517. The number of amides is 1. The highest BCUT2D eigenvalue weighted by atomic mass is 16.5. The number of carboxylic acids is 1. The van der Waals surface area contributed by atoms with E-state index < -0.39 is 12.0 Å². The quantitative estimate of drug-likeness (QED) is 0.670. The third kappa shape index (κ3) is 6.86. The molecule has 2 aromatic carbocycles.